The van der Waals surface area contributed by atoms with Gasteiger partial charge in [-0.15, -0.1) is 0 Å². The van der Waals surface area contributed by atoms with Gasteiger partial charge in [-0.2, -0.15) is 0 Å². The summed E-state index contributed by atoms with van der Waals surface area (Å²) in [5.41, 5.74) is 0.431. The SMILES string of the molecule is CS(=O)(=O)c1ccc(N2CCOCC2)c(F)c1. The molecule has 0 aliphatic carbocycles. The molecule has 1 aliphatic rings. The molecular formula is C11H14FNO3S. The Hall–Kier alpha value is -1.14. The first-order valence-electron chi connectivity index (χ1n) is 5.31. The second kappa shape index (κ2) is 4.62. The molecule has 6 heteroatoms. The molecule has 2 rings (SSSR count). The fraction of sp³-hybridized carbons (Fsp3) is 0.455. The zero-order valence-electron chi connectivity index (χ0n) is 9.52. The molecule has 0 atom stereocenters. The highest BCUT2D eigenvalue weighted by Crippen LogP contribution is 2.23. The maximum atomic E-state index is 13.8. The van der Waals surface area contributed by atoms with E-state index in [1.165, 1.54) is 12.1 Å². The van der Waals surface area contributed by atoms with Crippen molar-refractivity contribution in [3.05, 3.63) is 24.0 Å². The number of sulfone groups is 1. The van der Waals surface area contributed by atoms with Crippen LogP contribution in [-0.4, -0.2) is 41.0 Å². The first kappa shape index (κ1) is 12.3. The minimum Gasteiger partial charge on any atom is -0.378 e. The average molecular weight is 259 g/mol. The smallest absolute Gasteiger partial charge is 0.175 e. The maximum absolute atomic E-state index is 13.8. The Balaban J connectivity index is 2.31. The Labute approximate surface area is 99.9 Å². The molecule has 1 saturated heterocycles. The molecule has 4 nitrogen and oxygen atoms in total. The van der Waals surface area contributed by atoms with Crippen LogP contribution in [0.15, 0.2) is 23.1 Å². The van der Waals surface area contributed by atoms with E-state index in [0.29, 0.717) is 32.0 Å². The van der Waals surface area contributed by atoms with Crippen LogP contribution < -0.4 is 4.90 Å². The standard InChI is InChI=1S/C11H14FNO3S/c1-17(14,15)9-2-3-11(10(12)8-9)13-4-6-16-7-5-13/h2-3,8H,4-7H2,1H3. The normalized spacial score (nSPS) is 17.2. The van der Waals surface area contributed by atoms with Crippen molar-refractivity contribution in [1.82, 2.24) is 0 Å². The lowest BCUT2D eigenvalue weighted by Gasteiger charge is -2.29. The third-order valence-corrected chi connectivity index (χ3v) is 3.81. The molecular weight excluding hydrogens is 245 g/mol. The summed E-state index contributed by atoms with van der Waals surface area (Å²) in [4.78, 5) is 1.86. The van der Waals surface area contributed by atoms with Crippen molar-refractivity contribution in [2.45, 2.75) is 4.90 Å². The van der Waals surface area contributed by atoms with Gasteiger partial charge in [0.05, 0.1) is 23.8 Å². The van der Waals surface area contributed by atoms with Gasteiger partial charge in [-0.05, 0) is 18.2 Å². The van der Waals surface area contributed by atoms with Gasteiger partial charge in [0.2, 0.25) is 0 Å². The Morgan fingerprint density at radius 1 is 1.29 bits per heavy atom. The van der Waals surface area contributed by atoms with E-state index in [4.69, 9.17) is 4.74 Å². The fourth-order valence-electron chi connectivity index (χ4n) is 1.78. The van der Waals surface area contributed by atoms with Crippen molar-refractivity contribution in [3.8, 4) is 0 Å². The molecule has 0 N–H and O–H groups in total. The largest absolute Gasteiger partial charge is 0.378 e. The van der Waals surface area contributed by atoms with Crippen LogP contribution in [0, 0.1) is 5.82 Å². The molecule has 0 saturated carbocycles. The van der Waals surface area contributed by atoms with Crippen molar-refractivity contribution in [1.29, 1.82) is 0 Å². The molecule has 1 fully saturated rings. The highest BCUT2D eigenvalue weighted by atomic mass is 32.2. The summed E-state index contributed by atoms with van der Waals surface area (Å²) in [7, 11) is -3.36. The molecule has 0 aromatic heterocycles. The second-order valence-corrected chi connectivity index (χ2v) is 6.00. The van der Waals surface area contributed by atoms with Gasteiger partial charge < -0.3 is 9.64 Å². The van der Waals surface area contributed by atoms with E-state index in [2.05, 4.69) is 0 Å². The Morgan fingerprint density at radius 2 is 1.94 bits per heavy atom. The number of benzene rings is 1. The Morgan fingerprint density at radius 3 is 2.47 bits per heavy atom. The van der Waals surface area contributed by atoms with Gasteiger partial charge in [0, 0.05) is 19.3 Å². The molecule has 0 radical (unpaired) electrons. The summed E-state index contributed by atoms with van der Waals surface area (Å²) in [5, 5.41) is 0. The van der Waals surface area contributed by atoms with Crippen molar-refractivity contribution < 1.29 is 17.5 Å². The number of halogens is 1. The zero-order valence-corrected chi connectivity index (χ0v) is 10.3. The summed E-state index contributed by atoms with van der Waals surface area (Å²) in [6.07, 6.45) is 1.07. The van der Waals surface area contributed by atoms with E-state index in [0.717, 1.165) is 12.3 Å². The van der Waals surface area contributed by atoms with Gasteiger partial charge in [0.25, 0.3) is 0 Å². The summed E-state index contributed by atoms with van der Waals surface area (Å²) in [6.45, 7) is 2.37. The second-order valence-electron chi connectivity index (χ2n) is 3.98. The van der Waals surface area contributed by atoms with Crippen LogP contribution in [0.2, 0.25) is 0 Å². The topological polar surface area (TPSA) is 46.6 Å². The predicted molar refractivity (Wildman–Crippen MR) is 62.5 cm³/mol. The van der Waals surface area contributed by atoms with Gasteiger partial charge in [-0.1, -0.05) is 0 Å². The zero-order chi connectivity index (χ0) is 12.5. The van der Waals surface area contributed by atoms with Gasteiger partial charge in [0.1, 0.15) is 5.82 Å². The van der Waals surface area contributed by atoms with Crippen LogP contribution in [0.4, 0.5) is 10.1 Å². The summed E-state index contributed by atoms with van der Waals surface area (Å²) in [5.74, 6) is -0.505. The first-order valence-corrected chi connectivity index (χ1v) is 7.20. The molecule has 94 valence electrons. The molecule has 1 aromatic carbocycles. The predicted octanol–water partition coefficient (Wildman–Crippen LogP) is 1.07. The van der Waals surface area contributed by atoms with E-state index in [1.54, 1.807) is 0 Å². The number of anilines is 1. The molecule has 0 amide bonds. The molecule has 0 spiro atoms. The van der Waals surface area contributed by atoms with E-state index < -0.39 is 15.7 Å². The summed E-state index contributed by atoms with van der Waals surface area (Å²) < 4.78 is 41.5. The first-order chi connectivity index (χ1) is 7.98. The number of hydrogen-bond donors (Lipinski definition) is 0. The van der Waals surface area contributed by atoms with Crippen LogP contribution in [0.25, 0.3) is 0 Å². The van der Waals surface area contributed by atoms with Gasteiger partial charge in [-0.25, -0.2) is 12.8 Å². The number of rotatable bonds is 2. The third kappa shape index (κ3) is 2.76. The molecule has 1 heterocycles. The Bertz CT molecular complexity index is 509. The minimum absolute atomic E-state index is 0.00649. The lowest BCUT2D eigenvalue weighted by molar-refractivity contribution is 0.122. The van der Waals surface area contributed by atoms with Gasteiger partial charge in [-0.3, -0.25) is 0 Å². The van der Waals surface area contributed by atoms with Crippen molar-refractivity contribution in [2.75, 3.05) is 37.5 Å². The minimum atomic E-state index is -3.36. The number of hydrogen-bond acceptors (Lipinski definition) is 4. The number of nitrogens with zero attached hydrogens (tertiary/aromatic N) is 1. The third-order valence-electron chi connectivity index (χ3n) is 2.70. The average Bonchev–Trinajstić information content (AvgIpc) is 2.29. The molecule has 0 bridgehead atoms. The Kier molecular flexibility index (Phi) is 3.35. The lowest BCUT2D eigenvalue weighted by Crippen LogP contribution is -2.36. The summed E-state index contributed by atoms with van der Waals surface area (Å²) in [6, 6.07) is 4.01. The van der Waals surface area contributed by atoms with Gasteiger partial charge in [0.15, 0.2) is 9.84 Å². The van der Waals surface area contributed by atoms with E-state index in [9.17, 15) is 12.8 Å². The molecule has 0 unspecified atom stereocenters. The molecule has 17 heavy (non-hydrogen) atoms. The highest BCUT2D eigenvalue weighted by molar-refractivity contribution is 7.90. The molecule has 1 aromatic rings. The van der Waals surface area contributed by atoms with Crippen molar-refractivity contribution in [3.63, 3.8) is 0 Å². The fourth-order valence-corrected chi connectivity index (χ4v) is 2.41. The monoisotopic (exact) mass is 259 g/mol. The van der Waals surface area contributed by atoms with Crippen LogP contribution >= 0.6 is 0 Å². The van der Waals surface area contributed by atoms with E-state index in [-0.39, 0.29) is 4.90 Å². The maximum Gasteiger partial charge on any atom is 0.175 e. The quantitative estimate of drug-likeness (QED) is 0.797. The van der Waals surface area contributed by atoms with Crippen molar-refractivity contribution >= 4 is 15.5 Å². The molecule has 1 aliphatic heterocycles. The van der Waals surface area contributed by atoms with Crippen molar-refractivity contribution in [2.24, 2.45) is 0 Å². The number of ether oxygens (including phenoxy) is 1. The van der Waals surface area contributed by atoms with Gasteiger partial charge >= 0.3 is 0 Å². The lowest BCUT2D eigenvalue weighted by atomic mass is 10.2. The highest BCUT2D eigenvalue weighted by Gasteiger charge is 2.17. The van der Waals surface area contributed by atoms with E-state index >= 15 is 0 Å². The summed E-state index contributed by atoms with van der Waals surface area (Å²) >= 11 is 0. The number of morpholine rings is 1. The van der Waals surface area contributed by atoms with E-state index in [1.807, 2.05) is 4.90 Å². The van der Waals surface area contributed by atoms with Crippen LogP contribution in [0.3, 0.4) is 0 Å². The van der Waals surface area contributed by atoms with Crippen LogP contribution in [0.1, 0.15) is 0 Å². The van der Waals surface area contributed by atoms with Crippen LogP contribution in [-0.2, 0) is 14.6 Å². The van der Waals surface area contributed by atoms with Crippen LogP contribution in [0.5, 0.6) is 0 Å².